The summed E-state index contributed by atoms with van der Waals surface area (Å²) in [7, 11) is 1.61. The van der Waals surface area contributed by atoms with E-state index in [0.717, 1.165) is 29.9 Å². The van der Waals surface area contributed by atoms with Gasteiger partial charge < -0.3 is 15.4 Å². The minimum absolute atomic E-state index is 0.0863. The lowest BCUT2D eigenvalue weighted by molar-refractivity contribution is -0.115. The molecule has 4 nitrogen and oxygen atoms in total. The Morgan fingerprint density at radius 3 is 2.70 bits per heavy atom. The van der Waals surface area contributed by atoms with Crippen LogP contribution in [-0.2, 0) is 11.2 Å². The molecule has 0 bridgehead atoms. The molecule has 2 aromatic carbocycles. The summed E-state index contributed by atoms with van der Waals surface area (Å²) in [4.78, 5) is 11.7. The van der Waals surface area contributed by atoms with Crippen molar-refractivity contribution >= 4 is 11.6 Å². The number of ether oxygens (including phenoxy) is 1. The van der Waals surface area contributed by atoms with Crippen molar-refractivity contribution < 1.29 is 18.3 Å². The molecule has 0 aliphatic carbocycles. The largest absolute Gasteiger partial charge is 0.497 e. The van der Waals surface area contributed by atoms with E-state index in [0.29, 0.717) is 6.54 Å². The number of carbonyl (C=O) groups is 1. The zero-order valence-electron chi connectivity index (χ0n) is 12.7. The maximum Gasteiger partial charge on any atom is 0.238 e. The van der Waals surface area contributed by atoms with Crippen LogP contribution in [0.3, 0.4) is 0 Å². The number of hydrogen-bond donors (Lipinski definition) is 2. The number of halogens is 2. The molecule has 0 saturated heterocycles. The fraction of sp³-hybridized carbons (Fsp3) is 0.235. The normalized spacial score (nSPS) is 10.4. The van der Waals surface area contributed by atoms with Crippen molar-refractivity contribution in [2.75, 3.05) is 25.5 Å². The summed E-state index contributed by atoms with van der Waals surface area (Å²) in [6.45, 7) is 0.696. The Morgan fingerprint density at radius 2 is 1.96 bits per heavy atom. The number of amides is 1. The first-order valence-electron chi connectivity index (χ1n) is 7.17. The molecule has 0 heterocycles. The maximum atomic E-state index is 13.0. The highest BCUT2D eigenvalue weighted by Gasteiger charge is 2.06. The quantitative estimate of drug-likeness (QED) is 0.771. The van der Waals surface area contributed by atoms with E-state index in [1.54, 1.807) is 7.11 Å². The Hall–Kier alpha value is -2.47. The lowest BCUT2D eigenvalue weighted by Crippen LogP contribution is -2.29. The second-order valence-electron chi connectivity index (χ2n) is 4.96. The molecule has 2 N–H and O–H groups in total. The van der Waals surface area contributed by atoms with Crippen LogP contribution in [0, 0.1) is 11.6 Å². The van der Waals surface area contributed by atoms with Crippen LogP contribution in [0.1, 0.15) is 5.56 Å². The SMILES string of the molecule is COc1cccc(CCNCC(=O)Nc2ccc(F)c(F)c2)c1. The van der Waals surface area contributed by atoms with Crippen LogP contribution in [-0.4, -0.2) is 26.1 Å². The first kappa shape index (κ1) is 16.9. The van der Waals surface area contributed by atoms with Gasteiger partial charge in [0, 0.05) is 11.8 Å². The van der Waals surface area contributed by atoms with Gasteiger partial charge in [-0.3, -0.25) is 4.79 Å². The first-order chi connectivity index (χ1) is 11.1. The van der Waals surface area contributed by atoms with E-state index in [9.17, 15) is 13.6 Å². The van der Waals surface area contributed by atoms with Gasteiger partial charge in [0.15, 0.2) is 11.6 Å². The summed E-state index contributed by atoms with van der Waals surface area (Å²) >= 11 is 0. The van der Waals surface area contributed by atoms with E-state index in [1.165, 1.54) is 6.07 Å². The van der Waals surface area contributed by atoms with Gasteiger partial charge >= 0.3 is 0 Å². The van der Waals surface area contributed by atoms with E-state index in [-0.39, 0.29) is 18.1 Å². The molecule has 0 radical (unpaired) electrons. The number of rotatable bonds is 7. The van der Waals surface area contributed by atoms with Gasteiger partial charge in [0.05, 0.1) is 13.7 Å². The number of carbonyl (C=O) groups excluding carboxylic acids is 1. The molecule has 0 aliphatic heterocycles. The summed E-state index contributed by atoms with van der Waals surface area (Å²) in [5.41, 5.74) is 1.32. The molecule has 0 unspecified atom stereocenters. The molecular formula is C17H18F2N2O2. The van der Waals surface area contributed by atoms with Crippen molar-refractivity contribution in [2.45, 2.75) is 6.42 Å². The average Bonchev–Trinajstić information content (AvgIpc) is 2.55. The lowest BCUT2D eigenvalue weighted by atomic mass is 10.1. The van der Waals surface area contributed by atoms with E-state index >= 15 is 0 Å². The van der Waals surface area contributed by atoms with E-state index in [4.69, 9.17) is 4.74 Å². The molecule has 2 rings (SSSR count). The van der Waals surface area contributed by atoms with Crippen LogP contribution in [0.15, 0.2) is 42.5 Å². The van der Waals surface area contributed by atoms with Crippen LogP contribution in [0.5, 0.6) is 5.75 Å². The number of nitrogens with one attached hydrogen (secondary N) is 2. The third-order valence-electron chi connectivity index (χ3n) is 3.21. The van der Waals surface area contributed by atoms with Gasteiger partial charge in [-0.2, -0.15) is 0 Å². The summed E-state index contributed by atoms with van der Waals surface area (Å²) in [5.74, 6) is -1.46. The molecule has 23 heavy (non-hydrogen) atoms. The van der Waals surface area contributed by atoms with Crippen molar-refractivity contribution in [1.29, 1.82) is 0 Å². The Kier molecular flexibility index (Phi) is 6.05. The highest BCUT2D eigenvalue weighted by atomic mass is 19.2. The average molecular weight is 320 g/mol. The Morgan fingerprint density at radius 1 is 1.13 bits per heavy atom. The van der Waals surface area contributed by atoms with Gasteiger partial charge in [0.1, 0.15) is 5.75 Å². The number of hydrogen-bond acceptors (Lipinski definition) is 3. The predicted octanol–water partition coefficient (Wildman–Crippen LogP) is 2.74. The molecule has 2 aromatic rings. The molecule has 122 valence electrons. The zero-order chi connectivity index (χ0) is 16.7. The topological polar surface area (TPSA) is 50.4 Å². The molecule has 0 saturated carbocycles. The summed E-state index contributed by atoms with van der Waals surface area (Å²) in [6, 6.07) is 10.9. The Labute approximate surface area is 133 Å². The summed E-state index contributed by atoms with van der Waals surface area (Å²) < 4.78 is 31.0. The molecule has 0 spiro atoms. The highest BCUT2D eigenvalue weighted by molar-refractivity contribution is 5.92. The van der Waals surface area contributed by atoms with Crippen molar-refractivity contribution in [2.24, 2.45) is 0 Å². The van der Waals surface area contributed by atoms with Crippen molar-refractivity contribution in [3.63, 3.8) is 0 Å². The van der Waals surface area contributed by atoms with E-state index in [2.05, 4.69) is 10.6 Å². The third kappa shape index (κ3) is 5.34. The standard InChI is InChI=1S/C17H18F2N2O2/c1-23-14-4-2-3-12(9-14)7-8-20-11-17(22)21-13-5-6-15(18)16(19)10-13/h2-6,9-10,20H,7-8,11H2,1H3,(H,21,22). The van der Waals surface area contributed by atoms with Gasteiger partial charge in [-0.1, -0.05) is 12.1 Å². The number of methoxy groups -OCH3 is 1. The van der Waals surface area contributed by atoms with Crippen molar-refractivity contribution in [1.82, 2.24) is 5.32 Å². The smallest absolute Gasteiger partial charge is 0.238 e. The van der Waals surface area contributed by atoms with Crippen LogP contribution in [0.2, 0.25) is 0 Å². The van der Waals surface area contributed by atoms with Crippen molar-refractivity contribution in [3.05, 3.63) is 59.7 Å². The van der Waals surface area contributed by atoms with E-state index in [1.807, 2.05) is 24.3 Å². The predicted molar refractivity (Wildman–Crippen MR) is 84.6 cm³/mol. The Balaban J connectivity index is 1.73. The second kappa shape index (κ2) is 8.24. The van der Waals surface area contributed by atoms with Gasteiger partial charge in [-0.15, -0.1) is 0 Å². The number of anilines is 1. The molecule has 6 heteroatoms. The highest BCUT2D eigenvalue weighted by Crippen LogP contribution is 2.13. The van der Waals surface area contributed by atoms with E-state index < -0.39 is 11.6 Å². The van der Waals surface area contributed by atoms with Crippen LogP contribution in [0.25, 0.3) is 0 Å². The third-order valence-corrected chi connectivity index (χ3v) is 3.21. The van der Waals surface area contributed by atoms with Gasteiger partial charge in [0.2, 0.25) is 5.91 Å². The fourth-order valence-electron chi connectivity index (χ4n) is 2.04. The molecular weight excluding hydrogens is 302 g/mol. The van der Waals surface area contributed by atoms with Gasteiger partial charge in [-0.05, 0) is 42.8 Å². The van der Waals surface area contributed by atoms with Crippen LogP contribution >= 0.6 is 0 Å². The minimum Gasteiger partial charge on any atom is -0.497 e. The zero-order valence-corrected chi connectivity index (χ0v) is 12.7. The Bertz CT molecular complexity index is 677. The molecule has 0 atom stereocenters. The van der Waals surface area contributed by atoms with Crippen molar-refractivity contribution in [3.8, 4) is 5.75 Å². The van der Waals surface area contributed by atoms with Gasteiger partial charge in [-0.25, -0.2) is 8.78 Å². The summed E-state index contributed by atoms with van der Waals surface area (Å²) in [6.07, 6.45) is 0.746. The molecule has 1 amide bonds. The monoisotopic (exact) mass is 320 g/mol. The molecule has 0 fully saturated rings. The lowest BCUT2D eigenvalue weighted by Gasteiger charge is -2.08. The minimum atomic E-state index is -0.992. The van der Waals surface area contributed by atoms with Gasteiger partial charge in [0.25, 0.3) is 0 Å². The first-order valence-corrected chi connectivity index (χ1v) is 7.17. The number of benzene rings is 2. The molecule has 0 aromatic heterocycles. The molecule has 0 aliphatic rings. The fourth-order valence-corrected chi connectivity index (χ4v) is 2.04. The van der Waals surface area contributed by atoms with Crippen LogP contribution < -0.4 is 15.4 Å². The maximum absolute atomic E-state index is 13.0. The van der Waals surface area contributed by atoms with Crippen LogP contribution in [0.4, 0.5) is 14.5 Å². The second-order valence-corrected chi connectivity index (χ2v) is 4.96. The summed E-state index contributed by atoms with van der Waals surface area (Å²) in [5, 5.41) is 5.50.